The molecule has 0 spiro atoms. The van der Waals surface area contributed by atoms with Gasteiger partial charge in [-0.25, -0.2) is 0 Å². The summed E-state index contributed by atoms with van der Waals surface area (Å²) in [6.07, 6.45) is 5.25. The molecule has 10 nitrogen and oxygen atoms in total. The zero-order chi connectivity index (χ0) is 30.2. The first kappa shape index (κ1) is 30.5. The van der Waals surface area contributed by atoms with E-state index >= 15 is 0 Å². The van der Waals surface area contributed by atoms with E-state index < -0.39 is 19.1 Å². The number of carboxylic acid groups (broad SMARTS) is 1. The Morgan fingerprint density at radius 3 is 2.50 bits per heavy atom. The number of unbranched alkanes of at least 4 members (excludes halogenated alkanes) is 1. The summed E-state index contributed by atoms with van der Waals surface area (Å²) in [5.41, 5.74) is 1.19. The quantitative estimate of drug-likeness (QED) is 0.270. The van der Waals surface area contributed by atoms with Crippen molar-refractivity contribution in [2.45, 2.75) is 109 Å². The van der Waals surface area contributed by atoms with Crippen molar-refractivity contribution in [3.63, 3.8) is 0 Å². The van der Waals surface area contributed by atoms with Crippen LogP contribution in [0.25, 0.3) is 0 Å². The first-order valence-electron chi connectivity index (χ1n) is 15.4. The van der Waals surface area contributed by atoms with Crippen LogP contribution < -0.4 is 10.6 Å². The smallest absolute Gasteiger partial charge is 0.481 e. The third-order valence-corrected chi connectivity index (χ3v) is 10.3. The van der Waals surface area contributed by atoms with Crippen LogP contribution in [0.3, 0.4) is 0 Å². The maximum atomic E-state index is 13.5. The topological polar surface area (TPSA) is 134 Å². The first-order valence-corrected chi connectivity index (χ1v) is 15.4. The molecule has 2 heterocycles. The molecule has 6 rings (SSSR count). The Kier molecular flexibility index (Phi) is 8.72. The minimum absolute atomic E-state index is 0.0578. The van der Waals surface area contributed by atoms with E-state index in [1.165, 1.54) is 6.42 Å². The van der Waals surface area contributed by atoms with Crippen LogP contribution in [0.5, 0.6) is 0 Å². The van der Waals surface area contributed by atoms with Crippen molar-refractivity contribution in [3.8, 4) is 0 Å². The summed E-state index contributed by atoms with van der Waals surface area (Å²) in [4.78, 5) is 50.9. The van der Waals surface area contributed by atoms with E-state index in [-0.39, 0.29) is 53.6 Å². The van der Waals surface area contributed by atoms with Gasteiger partial charge in [-0.3, -0.25) is 19.2 Å². The summed E-state index contributed by atoms with van der Waals surface area (Å²) in [5, 5.41) is 14.3. The third kappa shape index (κ3) is 5.95. The summed E-state index contributed by atoms with van der Waals surface area (Å²) in [6.45, 7) is 9.50. The molecule has 3 aliphatic carbocycles. The van der Waals surface area contributed by atoms with Gasteiger partial charge in [-0.05, 0) is 87.3 Å². The molecule has 1 aromatic carbocycles. The number of carboxylic acids is 1. The van der Waals surface area contributed by atoms with E-state index in [0.717, 1.165) is 24.8 Å². The molecule has 2 bridgehead atoms. The van der Waals surface area contributed by atoms with Gasteiger partial charge in [-0.15, -0.1) is 0 Å². The lowest BCUT2D eigenvalue weighted by atomic mass is 9.43. The van der Waals surface area contributed by atoms with E-state index in [0.29, 0.717) is 43.3 Å². The lowest BCUT2D eigenvalue weighted by molar-refractivity contribution is -0.199. The summed E-state index contributed by atoms with van der Waals surface area (Å²) in [5.74, 6) is -0.517. The Morgan fingerprint density at radius 2 is 1.81 bits per heavy atom. The number of aliphatic carboxylic acids is 1. The Balaban J connectivity index is 1.10. The highest BCUT2D eigenvalue weighted by molar-refractivity contribution is 6.48. The first-order chi connectivity index (χ1) is 19.9. The second kappa shape index (κ2) is 12.0. The lowest BCUT2D eigenvalue weighted by Gasteiger charge is -2.64. The van der Waals surface area contributed by atoms with Crippen LogP contribution >= 0.6 is 0 Å². The summed E-state index contributed by atoms with van der Waals surface area (Å²) >= 11 is 0. The molecule has 2 saturated heterocycles. The molecule has 1 unspecified atom stereocenters. The van der Waals surface area contributed by atoms with Crippen LogP contribution in [-0.2, 0) is 30.2 Å². The number of hydrogen-bond acceptors (Lipinski definition) is 6. The molecule has 2 aliphatic heterocycles. The van der Waals surface area contributed by atoms with Gasteiger partial charge in [0.15, 0.2) is 0 Å². The molecule has 5 fully saturated rings. The monoisotopic (exact) mass is 581 g/mol. The molecule has 3 saturated carbocycles. The normalized spacial score (nSPS) is 29.8. The van der Waals surface area contributed by atoms with Crippen LogP contribution in [0.2, 0.25) is 0 Å². The SMILES string of the molecule is C[C@@H](NC(=O)c1ccc(CNC(=O)CCCCC(=O)O)cc1)C(=O)N1CCC[C@H]1B1OC2C[C@@H]3C[C@@H](C3(C)C)[C@]2(C)O1. The van der Waals surface area contributed by atoms with Gasteiger partial charge >= 0.3 is 13.1 Å². The molecule has 0 radical (unpaired) electrons. The molecule has 6 atom stereocenters. The number of likely N-dealkylation sites (tertiary alicyclic amines) is 1. The standard InChI is InChI=1S/C31H44BN3O7/c1-19(34-28(39)21-13-11-20(12-14-21)18-33-26(36)9-5-6-10-27(37)38)29(40)35-15-7-8-25(35)32-41-24-17-22-16-23(30(22,2)3)31(24,4)42-32/h11-14,19,22-25H,5-10,15-18H2,1-4H3,(H,33,36)(H,34,39)(H,37,38)/t19-,22+,23+,24?,25+,31+/m1/s1. The van der Waals surface area contributed by atoms with Crippen molar-refractivity contribution < 1.29 is 33.6 Å². The maximum Gasteiger partial charge on any atom is 0.481 e. The van der Waals surface area contributed by atoms with Crippen molar-refractivity contribution in [2.75, 3.05) is 6.54 Å². The van der Waals surface area contributed by atoms with Gasteiger partial charge < -0.3 is 29.9 Å². The molecule has 3 N–H and O–H groups in total. The van der Waals surface area contributed by atoms with Gasteiger partial charge in [0.05, 0.1) is 17.6 Å². The van der Waals surface area contributed by atoms with Gasteiger partial charge in [0.2, 0.25) is 11.8 Å². The number of hydrogen-bond donors (Lipinski definition) is 3. The predicted molar refractivity (Wildman–Crippen MR) is 156 cm³/mol. The van der Waals surface area contributed by atoms with E-state index in [4.69, 9.17) is 14.4 Å². The predicted octanol–water partition coefficient (Wildman–Crippen LogP) is 3.32. The lowest BCUT2D eigenvalue weighted by Crippen LogP contribution is -2.65. The number of rotatable bonds is 11. The van der Waals surface area contributed by atoms with Crippen molar-refractivity contribution >= 4 is 30.8 Å². The van der Waals surface area contributed by atoms with Crippen molar-refractivity contribution in [1.82, 2.24) is 15.5 Å². The second-order valence-corrected chi connectivity index (χ2v) is 13.3. The highest BCUT2D eigenvalue weighted by Crippen LogP contribution is 2.65. The fourth-order valence-corrected chi connectivity index (χ4v) is 7.63. The highest BCUT2D eigenvalue weighted by Gasteiger charge is 2.69. The molecule has 3 amide bonds. The van der Waals surface area contributed by atoms with E-state index in [9.17, 15) is 19.2 Å². The van der Waals surface area contributed by atoms with E-state index in [1.54, 1.807) is 31.2 Å². The molecule has 228 valence electrons. The molecule has 11 heteroatoms. The second-order valence-electron chi connectivity index (χ2n) is 13.3. The van der Waals surface area contributed by atoms with Crippen LogP contribution in [0, 0.1) is 17.3 Å². The maximum absolute atomic E-state index is 13.5. The van der Waals surface area contributed by atoms with Gasteiger partial charge in [0.1, 0.15) is 6.04 Å². The van der Waals surface area contributed by atoms with Crippen LogP contribution in [-0.4, -0.2) is 71.0 Å². The van der Waals surface area contributed by atoms with Crippen LogP contribution in [0.1, 0.15) is 95.0 Å². The Labute approximate surface area is 248 Å². The number of nitrogens with one attached hydrogen (secondary N) is 2. The molecule has 42 heavy (non-hydrogen) atoms. The highest BCUT2D eigenvalue weighted by atomic mass is 16.7. The van der Waals surface area contributed by atoms with Crippen molar-refractivity contribution in [3.05, 3.63) is 35.4 Å². The summed E-state index contributed by atoms with van der Waals surface area (Å²) in [6, 6.07) is 6.18. The molecule has 5 aliphatic rings. The minimum Gasteiger partial charge on any atom is -0.481 e. The van der Waals surface area contributed by atoms with Crippen molar-refractivity contribution in [1.29, 1.82) is 0 Å². The van der Waals surface area contributed by atoms with Gasteiger partial charge in [-0.2, -0.15) is 0 Å². The molecule has 0 aromatic heterocycles. The Bertz CT molecular complexity index is 1210. The minimum atomic E-state index is -0.862. The number of amides is 3. The van der Waals surface area contributed by atoms with Crippen LogP contribution in [0.4, 0.5) is 0 Å². The van der Waals surface area contributed by atoms with Gasteiger partial charge in [0.25, 0.3) is 5.91 Å². The molecular weight excluding hydrogens is 537 g/mol. The number of nitrogens with zero attached hydrogens (tertiary/aromatic N) is 1. The van der Waals surface area contributed by atoms with E-state index in [2.05, 4.69) is 31.4 Å². The fourth-order valence-electron chi connectivity index (χ4n) is 7.63. The van der Waals surface area contributed by atoms with Crippen molar-refractivity contribution in [2.24, 2.45) is 17.3 Å². The molecular formula is C31H44BN3O7. The zero-order valence-electron chi connectivity index (χ0n) is 25.2. The number of carbonyl (C=O) groups excluding carboxylic acids is 3. The Hall–Kier alpha value is -2.92. The van der Waals surface area contributed by atoms with Gasteiger partial charge in [0, 0.05) is 31.5 Å². The van der Waals surface area contributed by atoms with Gasteiger partial charge in [-0.1, -0.05) is 26.0 Å². The average molecular weight is 582 g/mol. The average Bonchev–Trinajstić information content (AvgIpc) is 3.58. The summed E-state index contributed by atoms with van der Waals surface area (Å²) in [7, 11) is -0.442. The zero-order valence-corrected chi connectivity index (χ0v) is 25.2. The summed E-state index contributed by atoms with van der Waals surface area (Å²) < 4.78 is 13.1. The molecule has 1 aromatic rings. The third-order valence-electron chi connectivity index (χ3n) is 10.3. The number of carbonyl (C=O) groups is 4. The Morgan fingerprint density at radius 1 is 1.10 bits per heavy atom. The fraction of sp³-hybridized carbons (Fsp3) is 0.677. The van der Waals surface area contributed by atoms with E-state index in [1.807, 2.05) is 4.90 Å². The number of benzene rings is 1. The largest absolute Gasteiger partial charge is 0.481 e. The van der Waals surface area contributed by atoms with Crippen LogP contribution in [0.15, 0.2) is 24.3 Å².